The molecule has 0 aliphatic carbocycles. The molecule has 2 aromatic carbocycles. The van der Waals surface area contributed by atoms with Crippen molar-refractivity contribution in [2.24, 2.45) is 0 Å². The first-order valence-corrected chi connectivity index (χ1v) is 11.2. The van der Waals surface area contributed by atoms with Gasteiger partial charge in [-0.25, -0.2) is 4.52 Å². The molecule has 1 amide bonds. The van der Waals surface area contributed by atoms with Crippen LogP contribution in [-0.2, 0) is 13.0 Å². The van der Waals surface area contributed by atoms with Crippen LogP contribution in [-0.4, -0.2) is 43.6 Å². The van der Waals surface area contributed by atoms with E-state index in [9.17, 15) is 19.7 Å². The van der Waals surface area contributed by atoms with Crippen LogP contribution in [0.1, 0.15) is 21.6 Å². The zero-order valence-electron chi connectivity index (χ0n) is 18.3. The van der Waals surface area contributed by atoms with E-state index in [0.29, 0.717) is 33.3 Å². The molecule has 0 bridgehead atoms. The topological polar surface area (TPSA) is 112 Å². The first-order chi connectivity index (χ1) is 16.8. The number of benzene rings is 2. The van der Waals surface area contributed by atoms with E-state index in [4.69, 9.17) is 27.9 Å². The lowest BCUT2D eigenvalue weighted by Gasteiger charge is -2.29. The van der Waals surface area contributed by atoms with E-state index in [2.05, 4.69) is 5.10 Å². The molecule has 0 atom stereocenters. The molecule has 4 aromatic rings. The Morgan fingerprint density at radius 1 is 1.14 bits per heavy atom. The minimum atomic E-state index is -0.588. The number of aromatic nitrogens is 3. The molecule has 0 unspecified atom stereocenters. The van der Waals surface area contributed by atoms with Gasteiger partial charge in [-0.05, 0) is 48.9 Å². The van der Waals surface area contributed by atoms with Crippen molar-refractivity contribution in [1.29, 1.82) is 0 Å². The molecule has 0 radical (unpaired) electrons. The number of carbonyl (C=O) groups is 1. The molecule has 2 aromatic heterocycles. The van der Waals surface area contributed by atoms with Crippen LogP contribution in [0.4, 0.5) is 5.69 Å². The number of hydrogen-bond acceptors (Lipinski definition) is 6. The summed E-state index contributed by atoms with van der Waals surface area (Å²) in [6.45, 7) is 0.321. The van der Waals surface area contributed by atoms with Gasteiger partial charge in [0.15, 0.2) is 0 Å². The highest BCUT2D eigenvalue weighted by molar-refractivity contribution is 6.42. The summed E-state index contributed by atoms with van der Waals surface area (Å²) in [6.07, 6.45) is 1.36. The van der Waals surface area contributed by atoms with Crippen molar-refractivity contribution in [2.45, 2.75) is 13.0 Å². The summed E-state index contributed by atoms with van der Waals surface area (Å²) < 4.78 is 7.82. The van der Waals surface area contributed by atoms with Gasteiger partial charge in [-0.1, -0.05) is 23.2 Å². The predicted octanol–water partition coefficient (Wildman–Crippen LogP) is 3.91. The first-order valence-electron chi connectivity index (χ1n) is 10.5. The second kappa shape index (κ2) is 8.71. The van der Waals surface area contributed by atoms with Gasteiger partial charge < -0.3 is 9.64 Å². The molecule has 0 N–H and O–H groups in total. The lowest BCUT2D eigenvalue weighted by molar-refractivity contribution is -0.383. The third kappa shape index (κ3) is 3.80. The van der Waals surface area contributed by atoms with E-state index < -0.39 is 10.5 Å². The molecule has 35 heavy (non-hydrogen) atoms. The highest BCUT2D eigenvalue weighted by Gasteiger charge is 2.31. The van der Waals surface area contributed by atoms with Gasteiger partial charge >= 0.3 is 5.69 Å². The van der Waals surface area contributed by atoms with E-state index in [0.717, 1.165) is 6.20 Å². The second-order valence-electron chi connectivity index (χ2n) is 7.89. The molecule has 3 heterocycles. The Morgan fingerprint density at radius 3 is 2.54 bits per heavy atom. The lowest BCUT2D eigenvalue weighted by Crippen LogP contribution is -2.41. The van der Waals surface area contributed by atoms with Gasteiger partial charge in [0.25, 0.3) is 11.5 Å². The summed E-state index contributed by atoms with van der Waals surface area (Å²) in [5.41, 5.74) is 0.912. The maximum Gasteiger partial charge on any atom is 0.332 e. The summed E-state index contributed by atoms with van der Waals surface area (Å²) in [6, 6.07) is 11.2. The van der Waals surface area contributed by atoms with Crippen molar-refractivity contribution in [3.8, 4) is 11.4 Å². The van der Waals surface area contributed by atoms with E-state index in [-0.39, 0.29) is 41.8 Å². The monoisotopic (exact) mass is 513 g/mol. The number of fused-ring (bicyclic) bond motifs is 3. The highest BCUT2D eigenvalue weighted by atomic mass is 35.5. The summed E-state index contributed by atoms with van der Waals surface area (Å²) >= 11 is 12.0. The van der Waals surface area contributed by atoms with Crippen molar-refractivity contribution in [3.63, 3.8) is 0 Å². The largest absolute Gasteiger partial charge is 0.497 e. The van der Waals surface area contributed by atoms with Crippen LogP contribution in [0.15, 0.2) is 53.5 Å². The van der Waals surface area contributed by atoms with Gasteiger partial charge in [0.1, 0.15) is 11.9 Å². The van der Waals surface area contributed by atoms with Crippen molar-refractivity contribution < 1.29 is 14.5 Å². The zero-order chi connectivity index (χ0) is 24.9. The number of halogens is 2. The number of ether oxygens (including phenoxy) is 1. The molecule has 10 nitrogen and oxygen atoms in total. The molecule has 1 aliphatic heterocycles. The number of rotatable bonds is 4. The second-order valence-corrected chi connectivity index (χ2v) is 8.71. The fourth-order valence-electron chi connectivity index (χ4n) is 4.23. The Kier molecular flexibility index (Phi) is 5.70. The van der Waals surface area contributed by atoms with Gasteiger partial charge in [0.05, 0.1) is 40.0 Å². The Morgan fingerprint density at radius 2 is 1.89 bits per heavy atom. The maximum atomic E-state index is 13.6. The average molecular weight is 514 g/mol. The molecule has 5 rings (SSSR count). The van der Waals surface area contributed by atoms with Gasteiger partial charge in [-0.2, -0.15) is 5.10 Å². The van der Waals surface area contributed by atoms with Crippen molar-refractivity contribution in [2.75, 3.05) is 13.7 Å². The van der Waals surface area contributed by atoms with Crippen LogP contribution >= 0.6 is 23.2 Å². The fourth-order valence-corrected chi connectivity index (χ4v) is 4.53. The maximum absolute atomic E-state index is 13.6. The van der Waals surface area contributed by atoms with Gasteiger partial charge in [0, 0.05) is 17.7 Å². The quantitative estimate of drug-likeness (QED) is 0.302. The molecule has 12 heteroatoms. The molecule has 0 fully saturated rings. The SMILES string of the molecule is COc1ccc(-n2c(=O)c3c(n4ncc([N+](=O)[O-])c24)CN(C(=O)c2ccc(Cl)c(Cl)c2)CC3)cc1. The molecule has 178 valence electrons. The van der Waals surface area contributed by atoms with Gasteiger partial charge in [0.2, 0.25) is 5.65 Å². The van der Waals surface area contributed by atoms with E-state index >= 15 is 0 Å². The Balaban J connectivity index is 1.65. The van der Waals surface area contributed by atoms with Crippen molar-refractivity contribution >= 4 is 40.4 Å². The number of methoxy groups -OCH3 is 1. The van der Waals surface area contributed by atoms with Crippen molar-refractivity contribution in [1.82, 2.24) is 19.1 Å². The molecule has 1 aliphatic rings. The molecular formula is C23H17Cl2N5O5. The average Bonchev–Trinajstić information content (AvgIpc) is 3.31. The number of carbonyl (C=O) groups excluding carboxylic acids is 1. The van der Waals surface area contributed by atoms with Crippen LogP contribution in [0.5, 0.6) is 5.75 Å². The summed E-state index contributed by atoms with van der Waals surface area (Å²) in [5, 5.41) is 16.6. The van der Waals surface area contributed by atoms with E-state index in [1.54, 1.807) is 35.2 Å². The molecular weight excluding hydrogens is 497 g/mol. The Bertz CT molecular complexity index is 1560. The predicted molar refractivity (Wildman–Crippen MR) is 129 cm³/mol. The zero-order valence-corrected chi connectivity index (χ0v) is 19.8. The first kappa shape index (κ1) is 22.9. The van der Waals surface area contributed by atoms with E-state index in [1.165, 1.54) is 28.3 Å². The smallest absolute Gasteiger partial charge is 0.332 e. The van der Waals surface area contributed by atoms with Crippen LogP contribution < -0.4 is 10.3 Å². The number of nitrogens with zero attached hydrogens (tertiary/aromatic N) is 5. The number of hydrogen-bond donors (Lipinski definition) is 0. The summed E-state index contributed by atoms with van der Waals surface area (Å²) in [7, 11) is 1.52. The van der Waals surface area contributed by atoms with Gasteiger partial charge in [-0.15, -0.1) is 0 Å². The third-order valence-electron chi connectivity index (χ3n) is 5.96. The lowest BCUT2D eigenvalue weighted by atomic mass is 10.0. The number of nitro groups is 1. The van der Waals surface area contributed by atoms with Crippen molar-refractivity contribution in [3.05, 3.63) is 96.0 Å². The Hall–Kier alpha value is -3.89. The standard InChI is InChI=1S/C23H17Cl2N5O5/c1-35-15-5-3-14(4-6-15)28-21-19(30(33)34)11-26-29(21)20-12-27(9-8-16(20)23(28)32)22(31)13-2-7-17(24)18(25)10-13/h2-7,10-11H,8-9,12H2,1H3. The molecule has 0 saturated heterocycles. The third-order valence-corrected chi connectivity index (χ3v) is 6.69. The van der Waals surface area contributed by atoms with Crippen LogP contribution in [0.2, 0.25) is 10.0 Å². The fraction of sp³-hybridized carbons (Fsp3) is 0.174. The van der Waals surface area contributed by atoms with Crippen LogP contribution in [0.3, 0.4) is 0 Å². The van der Waals surface area contributed by atoms with Crippen LogP contribution in [0.25, 0.3) is 11.3 Å². The Labute approximate surface area is 208 Å². The van der Waals surface area contributed by atoms with Crippen LogP contribution in [0, 0.1) is 10.1 Å². The molecule has 0 spiro atoms. The summed E-state index contributed by atoms with van der Waals surface area (Å²) in [5.74, 6) is 0.276. The normalized spacial score (nSPS) is 13.1. The van der Waals surface area contributed by atoms with Gasteiger partial charge in [-0.3, -0.25) is 24.3 Å². The minimum absolute atomic E-state index is 0.00718. The number of amides is 1. The summed E-state index contributed by atoms with van der Waals surface area (Å²) in [4.78, 5) is 39.5. The van der Waals surface area contributed by atoms with E-state index in [1.807, 2.05) is 0 Å². The minimum Gasteiger partial charge on any atom is -0.497 e. The highest BCUT2D eigenvalue weighted by Crippen LogP contribution is 2.28. The molecule has 0 saturated carbocycles.